The van der Waals surface area contributed by atoms with Crippen LogP contribution in [0.25, 0.3) is 6.08 Å². The number of ether oxygens (including phenoxy) is 1. The maximum absolute atomic E-state index is 12.8. The second-order valence-electron chi connectivity index (χ2n) is 8.53. The van der Waals surface area contributed by atoms with Gasteiger partial charge in [0.15, 0.2) is 0 Å². The van der Waals surface area contributed by atoms with Crippen molar-refractivity contribution in [3.8, 4) is 11.8 Å². The van der Waals surface area contributed by atoms with E-state index in [9.17, 15) is 10.1 Å². The summed E-state index contributed by atoms with van der Waals surface area (Å²) in [6.07, 6.45) is 2.16. The molecule has 5 heteroatoms. The number of nitriles is 1. The van der Waals surface area contributed by atoms with Crippen LogP contribution in [-0.4, -0.2) is 12.5 Å². The Morgan fingerprint density at radius 3 is 2.38 bits per heavy atom. The first kappa shape index (κ1) is 25.1. The van der Waals surface area contributed by atoms with Gasteiger partial charge in [0.05, 0.1) is 6.61 Å². The van der Waals surface area contributed by atoms with Crippen molar-refractivity contribution in [3.63, 3.8) is 0 Å². The second-order valence-corrected chi connectivity index (χ2v) is 8.93. The standard InChI is InChI=1S/C29H29ClN2O2/c1-6-34-28-16-23(15-26(30)25(28)14-22-10-19(3)9-20(4)11-22)13-24(17-31)29(33)32-27-12-18(2)7-8-21(27)5/h7-13,15-16H,6,14H2,1-5H3,(H,32,33)/b24-13+. The first-order chi connectivity index (χ1) is 16.2. The highest BCUT2D eigenvalue weighted by Crippen LogP contribution is 2.32. The lowest BCUT2D eigenvalue weighted by molar-refractivity contribution is -0.112. The fourth-order valence-electron chi connectivity index (χ4n) is 3.92. The predicted octanol–water partition coefficient (Wildman–Crippen LogP) is 7.11. The van der Waals surface area contributed by atoms with E-state index in [0.717, 1.165) is 22.3 Å². The van der Waals surface area contributed by atoms with E-state index in [0.29, 0.717) is 35.1 Å². The SMILES string of the molecule is CCOc1cc(/C=C(\C#N)C(=O)Nc2cc(C)ccc2C)cc(Cl)c1Cc1cc(C)cc(C)c1. The first-order valence-corrected chi connectivity index (χ1v) is 11.6. The summed E-state index contributed by atoms with van der Waals surface area (Å²) in [6, 6.07) is 17.8. The Labute approximate surface area is 206 Å². The van der Waals surface area contributed by atoms with E-state index in [1.165, 1.54) is 17.2 Å². The van der Waals surface area contributed by atoms with E-state index in [-0.39, 0.29) is 5.57 Å². The number of halogens is 1. The zero-order valence-electron chi connectivity index (χ0n) is 20.3. The molecule has 4 nitrogen and oxygen atoms in total. The Balaban J connectivity index is 1.94. The summed E-state index contributed by atoms with van der Waals surface area (Å²) in [4.78, 5) is 12.8. The molecule has 0 aliphatic rings. The lowest BCUT2D eigenvalue weighted by atomic mass is 9.98. The molecule has 0 aliphatic carbocycles. The second kappa shape index (κ2) is 11.0. The Morgan fingerprint density at radius 2 is 1.74 bits per heavy atom. The van der Waals surface area contributed by atoms with Crippen molar-refractivity contribution >= 4 is 29.3 Å². The lowest BCUT2D eigenvalue weighted by Crippen LogP contribution is -2.14. The summed E-state index contributed by atoms with van der Waals surface area (Å²) in [5.74, 6) is 0.178. The number of carbonyl (C=O) groups is 1. The van der Waals surface area contributed by atoms with Crippen molar-refractivity contribution in [2.24, 2.45) is 0 Å². The van der Waals surface area contributed by atoms with Crippen LogP contribution in [-0.2, 0) is 11.2 Å². The molecule has 3 aromatic carbocycles. The van der Waals surface area contributed by atoms with Crippen LogP contribution in [0.15, 0.2) is 54.1 Å². The molecule has 0 atom stereocenters. The van der Waals surface area contributed by atoms with Gasteiger partial charge in [-0.1, -0.05) is 53.1 Å². The number of hydrogen-bond donors (Lipinski definition) is 1. The van der Waals surface area contributed by atoms with Gasteiger partial charge in [-0.3, -0.25) is 4.79 Å². The maximum atomic E-state index is 12.8. The number of aryl methyl sites for hydroxylation is 4. The number of anilines is 1. The van der Waals surface area contributed by atoms with Crippen LogP contribution in [0.3, 0.4) is 0 Å². The van der Waals surface area contributed by atoms with Gasteiger partial charge in [0.25, 0.3) is 5.91 Å². The van der Waals surface area contributed by atoms with Crippen LogP contribution in [0.4, 0.5) is 5.69 Å². The average molecular weight is 473 g/mol. The van der Waals surface area contributed by atoms with E-state index >= 15 is 0 Å². The smallest absolute Gasteiger partial charge is 0.266 e. The maximum Gasteiger partial charge on any atom is 0.266 e. The van der Waals surface area contributed by atoms with Crippen LogP contribution in [0.5, 0.6) is 5.75 Å². The molecule has 0 saturated carbocycles. The third-order valence-corrected chi connectivity index (χ3v) is 5.79. The van der Waals surface area contributed by atoms with E-state index in [2.05, 4.69) is 37.4 Å². The molecule has 0 aliphatic heterocycles. The van der Waals surface area contributed by atoms with Crippen LogP contribution in [0.1, 0.15) is 45.9 Å². The average Bonchev–Trinajstić information content (AvgIpc) is 2.76. The molecule has 0 fully saturated rings. The molecule has 3 aromatic rings. The molecule has 0 saturated heterocycles. The lowest BCUT2D eigenvalue weighted by Gasteiger charge is -2.15. The normalized spacial score (nSPS) is 11.1. The van der Waals surface area contributed by atoms with Crippen LogP contribution < -0.4 is 10.1 Å². The number of benzene rings is 3. The van der Waals surface area contributed by atoms with Gasteiger partial charge >= 0.3 is 0 Å². The topological polar surface area (TPSA) is 62.1 Å². The van der Waals surface area contributed by atoms with E-state index in [1.54, 1.807) is 6.07 Å². The minimum absolute atomic E-state index is 0.0125. The first-order valence-electron chi connectivity index (χ1n) is 11.2. The Kier molecular flexibility index (Phi) is 8.15. The van der Waals surface area contributed by atoms with Crippen molar-refractivity contribution in [2.75, 3.05) is 11.9 Å². The quantitative estimate of drug-likeness (QED) is 0.294. The molecular formula is C29H29ClN2O2. The highest BCUT2D eigenvalue weighted by molar-refractivity contribution is 6.31. The fraction of sp³-hybridized carbons (Fsp3) is 0.241. The van der Waals surface area contributed by atoms with Gasteiger partial charge in [0, 0.05) is 22.7 Å². The van der Waals surface area contributed by atoms with Crippen molar-refractivity contribution < 1.29 is 9.53 Å². The highest BCUT2D eigenvalue weighted by Gasteiger charge is 2.15. The van der Waals surface area contributed by atoms with Gasteiger partial charge < -0.3 is 10.1 Å². The Morgan fingerprint density at radius 1 is 1.03 bits per heavy atom. The summed E-state index contributed by atoms with van der Waals surface area (Å²) < 4.78 is 5.89. The van der Waals surface area contributed by atoms with Gasteiger partial charge in [-0.25, -0.2) is 0 Å². The van der Waals surface area contributed by atoms with Gasteiger partial charge in [-0.15, -0.1) is 0 Å². The number of amides is 1. The summed E-state index contributed by atoms with van der Waals surface area (Å²) in [7, 11) is 0. The molecule has 0 bridgehead atoms. The third-order valence-electron chi connectivity index (χ3n) is 5.46. The molecule has 0 spiro atoms. The molecule has 1 N–H and O–H groups in total. The summed E-state index contributed by atoms with van der Waals surface area (Å²) >= 11 is 6.68. The molecular weight excluding hydrogens is 444 g/mol. The molecule has 174 valence electrons. The van der Waals surface area contributed by atoms with Crippen LogP contribution >= 0.6 is 11.6 Å². The fourth-order valence-corrected chi connectivity index (χ4v) is 4.21. The van der Waals surface area contributed by atoms with Crippen molar-refractivity contribution in [1.82, 2.24) is 0 Å². The van der Waals surface area contributed by atoms with Gasteiger partial charge in [0.1, 0.15) is 17.4 Å². The van der Waals surface area contributed by atoms with Crippen LogP contribution in [0, 0.1) is 39.0 Å². The van der Waals surface area contributed by atoms with Gasteiger partial charge in [-0.05, 0) is 81.1 Å². The Hall–Kier alpha value is -3.55. The van der Waals surface area contributed by atoms with Crippen molar-refractivity contribution in [1.29, 1.82) is 5.26 Å². The van der Waals surface area contributed by atoms with Gasteiger partial charge in [-0.2, -0.15) is 5.26 Å². The number of hydrogen-bond acceptors (Lipinski definition) is 3. The van der Waals surface area contributed by atoms with Crippen molar-refractivity contribution in [3.05, 3.63) is 98.1 Å². The summed E-state index contributed by atoms with van der Waals surface area (Å²) in [6.45, 7) is 10.4. The largest absolute Gasteiger partial charge is 0.494 e. The molecule has 0 heterocycles. The highest BCUT2D eigenvalue weighted by atomic mass is 35.5. The monoisotopic (exact) mass is 472 g/mol. The number of rotatable bonds is 7. The van der Waals surface area contributed by atoms with E-state index in [1.807, 2.05) is 51.1 Å². The Bertz CT molecular complexity index is 1280. The van der Waals surface area contributed by atoms with E-state index < -0.39 is 5.91 Å². The van der Waals surface area contributed by atoms with Crippen molar-refractivity contribution in [2.45, 2.75) is 41.0 Å². The molecule has 0 aromatic heterocycles. The predicted molar refractivity (Wildman–Crippen MR) is 139 cm³/mol. The third kappa shape index (κ3) is 6.27. The molecule has 0 unspecified atom stereocenters. The molecule has 34 heavy (non-hydrogen) atoms. The number of carbonyl (C=O) groups excluding carboxylic acids is 1. The molecule has 0 radical (unpaired) electrons. The minimum Gasteiger partial charge on any atom is -0.494 e. The minimum atomic E-state index is -0.468. The summed E-state index contributed by atoms with van der Waals surface area (Å²) in [5, 5.41) is 13.0. The zero-order chi connectivity index (χ0) is 24.8. The number of nitrogens with zero attached hydrogens (tertiary/aromatic N) is 1. The van der Waals surface area contributed by atoms with E-state index in [4.69, 9.17) is 16.3 Å². The van der Waals surface area contributed by atoms with Crippen LogP contribution in [0.2, 0.25) is 5.02 Å². The number of nitrogens with one attached hydrogen (secondary N) is 1. The molecule has 1 amide bonds. The molecule has 3 rings (SSSR count). The zero-order valence-corrected chi connectivity index (χ0v) is 21.0. The summed E-state index contributed by atoms with van der Waals surface area (Å²) in [5.41, 5.74) is 7.66. The van der Waals surface area contributed by atoms with Gasteiger partial charge in [0.2, 0.25) is 0 Å².